The second kappa shape index (κ2) is 4.75. The zero-order valence-corrected chi connectivity index (χ0v) is 10.8. The number of nitrogens with one attached hydrogen (secondary N) is 1. The Balaban J connectivity index is 2.55. The van der Waals surface area contributed by atoms with Crippen LogP contribution in [-0.4, -0.2) is 10.9 Å². The van der Waals surface area contributed by atoms with Gasteiger partial charge in [-0.1, -0.05) is 20.8 Å². The van der Waals surface area contributed by atoms with E-state index in [0.29, 0.717) is 6.42 Å². The van der Waals surface area contributed by atoms with Crippen molar-refractivity contribution in [1.29, 1.82) is 0 Å². The number of carbonyl (C=O) groups is 1. The van der Waals surface area contributed by atoms with Crippen molar-refractivity contribution in [2.24, 2.45) is 5.41 Å². The van der Waals surface area contributed by atoms with Gasteiger partial charge in [0.25, 0.3) is 0 Å². The summed E-state index contributed by atoms with van der Waals surface area (Å²) in [5.74, 6) is 0.0200. The van der Waals surface area contributed by atoms with Crippen LogP contribution in [0.25, 0.3) is 0 Å². The second-order valence-electron chi connectivity index (χ2n) is 4.66. The first-order valence-corrected chi connectivity index (χ1v) is 5.57. The summed E-state index contributed by atoms with van der Waals surface area (Å²) in [5, 5.41) is 2.80. The number of anilines is 1. The van der Waals surface area contributed by atoms with E-state index < -0.39 is 0 Å². The highest BCUT2D eigenvalue weighted by Gasteiger charge is 2.15. The largest absolute Gasteiger partial charge is 0.325 e. The van der Waals surface area contributed by atoms with Gasteiger partial charge in [0.1, 0.15) is 4.60 Å². The molecular weight excluding hydrogens is 256 g/mol. The summed E-state index contributed by atoms with van der Waals surface area (Å²) >= 11 is 3.24. The van der Waals surface area contributed by atoms with Gasteiger partial charge in [-0.05, 0) is 33.5 Å². The van der Waals surface area contributed by atoms with Gasteiger partial charge in [0.05, 0.1) is 11.9 Å². The lowest BCUT2D eigenvalue weighted by Gasteiger charge is -2.17. The molecule has 0 spiro atoms. The molecule has 3 nitrogen and oxygen atoms in total. The van der Waals surface area contributed by atoms with Crippen molar-refractivity contribution < 1.29 is 4.79 Å². The Hall–Kier alpha value is -0.900. The minimum Gasteiger partial charge on any atom is -0.325 e. The van der Waals surface area contributed by atoms with E-state index in [1.165, 1.54) is 0 Å². The summed E-state index contributed by atoms with van der Waals surface area (Å²) in [6, 6.07) is 3.62. The van der Waals surface area contributed by atoms with Gasteiger partial charge in [-0.15, -0.1) is 0 Å². The number of hydrogen-bond acceptors (Lipinski definition) is 2. The molecule has 0 aliphatic heterocycles. The Morgan fingerprint density at radius 2 is 2.13 bits per heavy atom. The first kappa shape index (κ1) is 12.2. The molecule has 0 radical (unpaired) electrons. The van der Waals surface area contributed by atoms with Gasteiger partial charge in [-0.25, -0.2) is 4.98 Å². The van der Waals surface area contributed by atoms with Crippen LogP contribution in [0.5, 0.6) is 0 Å². The fraction of sp³-hybridized carbons (Fsp3) is 0.455. The molecule has 0 saturated carbocycles. The van der Waals surface area contributed by atoms with E-state index in [0.717, 1.165) is 10.3 Å². The Kier molecular flexibility index (Phi) is 3.85. The maximum atomic E-state index is 11.6. The van der Waals surface area contributed by atoms with E-state index in [1.807, 2.05) is 26.8 Å². The van der Waals surface area contributed by atoms with Crippen LogP contribution in [0.3, 0.4) is 0 Å². The summed E-state index contributed by atoms with van der Waals surface area (Å²) < 4.78 is 0.760. The molecule has 0 aromatic carbocycles. The molecule has 82 valence electrons. The number of aromatic nitrogens is 1. The lowest BCUT2D eigenvalue weighted by Crippen LogP contribution is -2.19. The van der Waals surface area contributed by atoms with Crippen molar-refractivity contribution in [3.8, 4) is 0 Å². The lowest BCUT2D eigenvalue weighted by atomic mass is 9.92. The second-order valence-corrected chi connectivity index (χ2v) is 5.47. The molecule has 1 aromatic rings. The van der Waals surface area contributed by atoms with Gasteiger partial charge in [-0.3, -0.25) is 4.79 Å². The third-order valence-electron chi connectivity index (χ3n) is 1.70. The van der Waals surface area contributed by atoms with Gasteiger partial charge in [-0.2, -0.15) is 0 Å². The van der Waals surface area contributed by atoms with Crippen molar-refractivity contribution in [3.63, 3.8) is 0 Å². The van der Waals surface area contributed by atoms with Crippen LogP contribution < -0.4 is 5.32 Å². The normalized spacial score (nSPS) is 11.2. The molecule has 0 fully saturated rings. The predicted molar refractivity (Wildman–Crippen MR) is 64.6 cm³/mol. The van der Waals surface area contributed by atoms with E-state index in [1.54, 1.807) is 12.3 Å². The fourth-order valence-electron chi connectivity index (χ4n) is 1.14. The van der Waals surface area contributed by atoms with Crippen LogP contribution >= 0.6 is 15.9 Å². The first-order chi connectivity index (χ1) is 6.87. The van der Waals surface area contributed by atoms with E-state index >= 15 is 0 Å². The van der Waals surface area contributed by atoms with Gasteiger partial charge >= 0.3 is 0 Å². The van der Waals surface area contributed by atoms with Crippen LogP contribution in [0, 0.1) is 5.41 Å². The zero-order chi connectivity index (χ0) is 11.5. The molecule has 0 unspecified atom stereocenters. The number of halogens is 1. The Morgan fingerprint density at radius 3 is 2.60 bits per heavy atom. The monoisotopic (exact) mass is 270 g/mol. The van der Waals surface area contributed by atoms with Crippen molar-refractivity contribution in [2.45, 2.75) is 27.2 Å². The molecular formula is C11H15BrN2O. The SMILES string of the molecule is CC(C)(C)CC(=O)Nc1ccc(Br)nc1. The lowest BCUT2D eigenvalue weighted by molar-refractivity contribution is -0.117. The number of pyridine rings is 1. The standard InChI is InChI=1S/C11H15BrN2O/c1-11(2,3)6-10(15)14-8-4-5-9(12)13-7-8/h4-5,7H,6H2,1-3H3,(H,14,15). The van der Waals surface area contributed by atoms with Crippen LogP contribution in [0.1, 0.15) is 27.2 Å². The molecule has 0 saturated heterocycles. The Bertz CT molecular complexity index is 341. The molecule has 1 aromatic heterocycles. The molecule has 1 amide bonds. The minimum atomic E-state index is 0.00682. The van der Waals surface area contributed by atoms with Crippen LogP contribution in [0.2, 0.25) is 0 Å². The third kappa shape index (κ3) is 4.93. The van der Waals surface area contributed by atoms with E-state index in [2.05, 4.69) is 26.2 Å². The van der Waals surface area contributed by atoms with E-state index in [-0.39, 0.29) is 11.3 Å². The topological polar surface area (TPSA) is 42.0 Å². The summed E-state index contributed by atoms with van der Waals surface area (Å²) in [5.41, 5.74) is 0.736. The predicted octanol–water partition coefficient (Wildman–Crippen LogP) is 3.22. The van der Waals surface area contributed by atoms with Gasteiger partial charge < -0.3 is 5.32 Å². The quantitative estimate of drug-likeness (QED) is 0.839. The Morgan fingerprint density at radius 1 is 1.47 bits per heavy atom. The smallest absolute Gasteiger partial charge is 0.224 e. The molecule has 0 aliphatic carbocycles. The van der Waals surface area contributed by atoms with E-state index in [9.17, 15) is 4.79 Å². The molecule has 0 atom stereocenters. The maximum Gasteiger partial charge on any atom is 0.224 e. The number of carbonyl (C=O) groups excluding carboxylic acids is 1. The molecule has 15 heavy (non-hydrogen) atoms. The molecule has 1 N–H and O–H groups in total. The fourth-order valence-corrected chi connectivity index (χ4v) is 1.37. The number of rotatable bonds is 2. The number of hydrogen-bond donors (Lipinski definition) is 1. The molecule has 0 aliphatic rings. The summed E-state index contributed by atoms with van der Waals surface area (Å²) in [6.07, 6.45) is 2.13. The highest BCUT2D eigenvalue weighted by atomic mass is 79.9. The van der Waals surface area contributed by atoms with Gasteiger partial charge in [0.2, 0.25) is 5.91 Å². The van der Waals surface area contributed by atoms with E-state index in [4.69, 9.17) is 0 Å². The number of amides is 1. The van der Waals surface area contributed by atoms with Gasteiger partial charge in [0.15, 0.2) is 0 Å². The zero-order valence-electron chi connectivity index (χ0n) is 9.17. The third-order valence-corrected chi connectivity index (χ3v) is 2.17. The Labute approximate surface area is 98.4 Å². The van der Waals surface area contributed by atoms with Crippen molar-refractivity contribution in [2.75, 3.05) is 5.32 Å². The van der Waals surface area contributed by atoms with Crippen LogP contribution in [-0.2, 0) is 4.79 Å². The minimum absolute atomic E-state index is 0.00682. The van der Waals surface area contributed by atoms with Crippen molar-refractivity contribution in [3.05, 3.63) is 22.9 Å². The van der Waals surface area contributed by atoms with Crippen LogP contribution in [0.15, 0.2) is 22.9 Å². The van der Waals surface area contributed by atoms with Crippen LogP contribution in [0.4, 0.5) is 5.69 Å². The summed E-state index contributed by atoms with van der Waals surface area (Å²) in [4.78, 5) is 15.6. The highest BCUT2D eigenvalue weighted by molar-refractivity contribution is 9.10. The summed E-state index contributed by atoms with van der Waals surface area (Å²) in [6.45, 7) is 6.10. The summed E-state index contributed by atoms with van der Waals surface area (Å²) in [7, 11) is 0. The van der Waals surface area contributed by atoms with Crippen molar-refractivity contribution >= 4 is 27.5 Å². The molecule has 1 heterocycles. The highest BCUT2D eigenvalue weighted by Crippen LogP contribution is 2.19. The molecule has 1 rings (SSSR count). The average molecular weight is 271 g/mol. The number of nitrogens with zero attached hydrogens (tertiary/aromatic N) is 1. The first-order valence-electron chi connectivity index (χ1n) is 4.78. The maximum absolute atomic E-state index is 11.6. The molecule has 0 bridgehead atoms. The van der Waals surface area contributed by atoms with Gasteiger partial charge in [0, 0.05) is 6.42 Å². The average Bonchev–Trinajstić information content (AvgIpc) is 2.05. The van der Waals surface area contributed by atoms with Crippen molar-refractivity contribution in [1.82, 2.24) is 4.98 Å². The molecule has 4 heteroatoms.